The van der Waals surface area contributed by atoms with Gasteiger partial charge in [0.2, 0.25) is 0 Å². The maximum atomic E-state index is 11.9. The summed E-state index contributed by atoms with van der Waals surface area (Å²) >= 11 is 5.59. The molecule has 0 radical (unpaired) electrons. The van der Waals surface area contributed by atoms with Crippen LogP contribution in [0, 0.1) is 14.9 Å². The number of nitrogens with one attached hydrogen (secondary N) is 1. The molecule has 1 aromatic carbocycles. The third-order valence-corrected chi connectivity index (χ3v) is 3.85. The molecule has 0 saturated carbocycles. The number of benzene rings is 1. The standard InChI is InChI=1S/C16H16BrIN2O2/c1-4-5-22-15-13(17)7-11(8-14(15)18)6-12(9-19)16(21)20-10(2)3/h4,6-8,10H,1,5H2,2-3H3,(H,20,21)/b12-6-. The smallest absolute Gasteiger partial charge is 0.262 e. The zero-order valence-electron chi connectivity index (χ0n) is 12.3. The van der Waals surface area contributed by atoms with Crippen molar-refractivity contribution in [1.82, 2.24) is 5.32 Å². The molecular weight excluding hydrogens is 459 g/mol. The highest BCUT2D eigenvalue weighted by Crippen LogP contribution is 2.32. The normalized spacial score (nSPS) is 11.0. The van der Waals surface area contributed by atoms with Gasteiger partial charge < -0.3 is 10.1 Å². The van der Waals surface area contributed by atoms with Crippen molar-refractivity contribution < 1.29 is 9.53 Å². The Hall–Kier alpha value is -1.33. The van der Waals surface area contributed by atoms with Gasteiger partial charge in [0, 0.05) is 6.04 Å². The molecule has 0 spiro atoms. The highest BCUT2D eigenvalue weighted by Gasteiger charge is 2.12. The van der Waals surface area contributed by atoms with E-state index in [9.17, 15) is 4.79 Å². The molecule has 22 heavy (non-hydrogen) atoms. The minimum Gasteiger partial charge on any atom is -0.487 e. The highest BCUT2D eigenvalue weighted by atomic mass is 127. The average molecular weight is 475 g/mol. The Morgan fingerprint density at radius 1 is 1.59 bits per heavy atom. The van der Waals surface area contributed by atoms with Crippen molar-refractivity contribution in [3.63, 3.8) is 0 Å². The van der Waals surface area contributed by atoms with Crippen LogP contribution in [0.1, 0.15) is 19.4 Å². The molecule has 1 amide bonds. The minimum atomic E-state index is -0.379. The van der Waals surface area contributed by atoms with Crippen molar-refractivity contribution in [2.45, 2.75) is 19.9 Å². The first-order valence-electron chi connectivity index (χ1n) is 6.54. The first kappa shape index (κ1) is 18.7. The van der Waals surface area contributed by atoms with Gasteiger partial charge in [-0.2, -0.15) is 5.26 Å². The van der Waals surface area contributed by atoms with E-state index in [1.807, 2.05) is 26.0 Å². The summed E-state index contributed by atoms with van der Waals surface area (Å²) in [5.41, 5.74) is 0.814. The first-order valence-corrected chi connectivity index (χ1v) is 8.41. The van der Waals surface area contributed by atoms with Crippen molar-refractivity contribution in [3.05, 3.63) is 44.0 Å². The Labute approximate surface area is 152 Å². The zero-order chi connectivity index (χ0) is 16.7. The number of ether oxygens (including phenoxy) is 1. The van der Waals surface area contributed by atoms with Gasteiger partial charge in [-0.3, -0.25) is 4.79 Å². The monoisotopic (exact) mass is 474 g/mol. The average Bonchev–Trinajstić information content (AvgIpc) is 2.43. The second-order valence-corrected chi connectivity index (χ2v) is 6.73. The molecule has 116 valence electrons. The van der Waals surface area contributed by atoms with Crippen molar-refractivity contribution in [2.24, 2.45) is 0 Å². The highest BCUT2D eigenvalue weighted by molar-refractivity contribution is 14.1. The quantitative estimate of drug-likeness (QED) is 0.293. The van der Waals surface area contributed by atoms with Gasteiger partial charge in [0.05, 0.1) is 8.04 Å². The van der Waals surface area contributed by atoms with Crippen molar-refractivity contribution in [3.8, 4) is 11.8 Å². The molecule has 0 bridgehead atoms. The van der Waals surface area contributed by atoms with E-state index < -0.39 is 0 Å². The van der Waals surface area contributed by atoms with E-state index in [2.05, 4.69) is 50.4 Å². The van der Waals surface area contributed by atoms with E-state index in [1.54, 1.807) is 18.2 Å². The van der Waals surface area contributed by atoms with Gasteiger partial charge in [0.1, 0.15) is 24.0 Å². The van der Waals surface area contributed by atoms with Crippen LogP contribution in [0.15, 0.2) is 34.8 Å². The summed E-state index contributed by atoms with van der Waals surface area (Å²) < 4.78 is 7.20. The van der Waals surface area contributed by atoms with Gasteiger partial charge in [0.15, 0.2) is 0 Å². The SMILES string of the molecule is C=CCOc1c(Br)cc(/C=C(/C#N)C(=O)NC(C)C)cc1I. The Morgan fingerprint density at radius 3 is 2.77 bits per heavy atom. The topological polar surface area (TPSA) is 62.1 Å². The number of rotatable bonds is 6. The van der Waals surface area contributed by atoms with Crippen LogP contribution in [0.3, 0.4) is 0 Å². The number of nitriles is 1. The predicted molar refractivity (Wildman–Crippen MR) is 99.4 cm³/mol. The summed E-state index contributed by atoms with van der Waals surface area (Å²) in [5.74, 6) is 0.332. The summed E-state index contributed by atoms with van der Waals surface area (Å²) in [6.07, 6.45) is 3.22. The molecule has 1 rings (SSSR count). The van der Waals surface area contributed by atoms with E-state index in [4.69, 9.17) is 10.00 Å². The fraction of sp³-hybridized carbons (Fsp3) is 0.250. The third-order valence-electron chi connectivity index (χ3n) is 2.46. The van der Waals surface area contributed by atoms with Crippen LogP contribution in [0.2, 0.25) is 0 Å². The van der Waals surface area contributed by atoms with E-state index in [0.717, 1.165) is 13.6 Å². The molecule has 0 atom stereocenters. The molecule has 1 N–H and O–H groups in total. The number of amides is 1. The fourth-order valence-corrected chi connectivity index (χ4v) is 3.37. The molecule has 0 heterocycles. The zero-order valence-corrected chi connectivity index (χ0v) is 16.1. The van der Waals surface area contributed by atoms with Gasteiger partial charge in [-0.05, 0) is 76.1 Å². The summed E-state index contributed by atoms with van der Waals surface area (Å²) in [4.78, 5) is 11.9. The molecular formula is C16H16BrIN2O2. The van der Waals surface area contributed by atoms with Crippen LogP contribution in [0.5, 0.6) is 5.75 Å². The second-order valence-electron chi connectivity index (χ2n) is 4.71. The summed E-state index contributed by atoms with van der Waals surface area (Å²) in [6.45, 7) is 7.71. The number of hydrogen-bond donors (Lipinski definition) is 1. The Bertz CT molecular complexity index is 625. The van der Waals surface area contributed by atoms with Gasteiger partial charge in [-0.25, -0.2) is 0 Å². The van der Waals surface area contributed by atoms with Crippen LogP contribution in [-0.4, -0.2) is 18.6 Å². The molecule has 0 aromatic heterocycles. The Balaban J connectivity index is 3.11. The predicted octanol–water partition coefficient (Wildman–Crippen LogP) is 4.05. The lowest BCUT2D eigenvalue weighted by Gasteiger charge is -2.10. The van der Waals surface area contributed by atoms with Crippen LogP contribution in [0.25, 0.3) is 6.08 Å². The lowest BCUT2D eigenvalue weighted by Crippen LogP contribution is -2.30. The molecule has 0 aliphatic carbocycles. The maximum absolute atomic E-state index is 11.9. The molecule has 1 aromatic rings. The van der Waals surface area contributed by atoms with Crippen molar-refractivity contribution in [1.29, 1.82) is 5.26 Å². The number of carbonyl (C=O) groups excluding carboxylic acids is 1. The van der Waals surface area contributed by atoms with Crippen LogP contribution in [-0.2, 0) is 4.79 Å². The number of nitrogens with zero attached hydrogens (tertiary/aromatic N) is 1. The van der Waals surface area contributed by atoms with E-state index >= 15 is 0 Å². The molecule has 0 fully saturated rings. The van der Waals surface area contributed by atoms with Crippen molar-refractivity contribution in [2.75, 3.05) is 6.61 Å². The molecule has 0 saturated heterocycles. The lowest BCUT2D eigenvalue weighted by molar-refractivity contribution is -0.117. The van der Waals surface area contributed by atoms with Gasteiger partial charge in [-0.1, -0.05) is 12.7 Å². The summed E-state index contributed by atoms with van der Waals surface area (Å²) in [6, 6.07) is 5.56. The summed E-state index contributed by atoms with van der Waals surface area (Å²) in [7, 11) is 0. The number of hydrogen-bond acceptors (Lipinski definition) is 3. The molecule has 6 heteroatoms. The van der Waals surface area contributed by atoms with Crippen LogP contribution >= 0.6 is 38.5 Å². The molecule has 0 unspecified atom stereocenters. The Kier molecular flexibility index (Phi) is 7.62. The largest absolute Gasteiger partial charge is 0.487 e. The first-order chi connectivity index (χ1) is 10.4. The van der Waals surface area contributed by atoms with E-state index in [-0.39, 0.29) is 17.5 Å². The fourth-order valence-electron chi connectivity index (χ4n) is 1.60. The number of halogens is 2. The van der Waals surface area contributed by atoms with Crippen molar-refractivity contribution >= 4 is 50.5 Å². The molecule has 4 nitrogen and oxygen atoms in total. The van der Waals surface area contributed by atoms with Crippen LogP contribution < -0.4 is 10.1 Å². The Morgan fingerprint density at radius 2 is 2.27 bits per heavy atom. The third kappa shape index (κ3) is 5.46. The van der Waals surface area contributed by atoms with Crippen LogP contribution in [0.4, 0.5) is 0 Å². The van der Waals surface area contributed by atoms with E-state index in [0.29, 0.717) is 12.4 Å². The second kappa shape index (κ2) is 8.96. The number of carbonyl (C=O) groups is 1. The van der Waals surface area contributed by atoms with E-state index in [1.165, 1.54) is 0 Å². The van der Waals surface area contributed by atoms with Gasteiger partial charge >= 0.3 is 0 Å². The summed E-state index contributed by atoms with van der Waals surface area (Å²) in [5, 5.41) is 11.9. The van der Waals surface area contributed by atoms with Gasteiger partial charge in [0.25, 0.3) is 5.91 Å². The molecule has 0 aliphatic rings. The van der Waals surface area contributed by atoms with Gasteiger partial charge in [-0.15, -0.1) is 0 Å². The molecule has 0 aliphatic heterocycles. The minimum absolute atomic E-state index is 0.0224. The maximum Gasteiger partial charge on any atom is 0.262 e. The lowest BCUT2D eigenvalue weighted by atomic mass is 10.1.